The minimum atomic E-state index is 0. The number of hydrogen-bond acceptors (Lipinski definition) is 4. The molecule has 0 aromatic heterocycles. The van der Waals surface area contributed by atoms with Crippen molar-refractivity contribution >= 4 is 28.3 Å². The predicted molar refractivity (Wildman–Crippen MR) is 61.6 cm³/mol. The number of aliphatic hydroxyl groups excluding tert-OH is 1. The molecule has 0 aromatic rings. The third kappa shape index (κ3) is 22.9. The number of nitrogens with zero attached hydrogens (tertiary/aromatic N) is 1. The molecule has 0 saturated carbocycles. The molecule has 0 amide bonds. The molecule has 14 heavy (non-hydrogen) atoms. The van der Waals surface area contributed by atoms with Gasteiger partial charge in [0.15, 0.2) is 0 Å². The summed E-state index contributed by atoms with van der Waals surface area (Å²) in [5.74, 6) is 0. The first-order valence-corrected chi connectivity index (χ1v) is 5.33. The van der Waals surface area contributed by atoms with Crippen molar-refractivity contribution in [2.45, 2.75) is 13.8 Å². The summed E-state index contributed by atoms with van der Waals surface area (Å²) in [6.45, 7) is 7.15. The van der Waals surface area contributed by atoms with Gasteiger partial charge in [-0.1, -0.05) is 18.8 Å². The Morgan fingerprint density at radius 2 is 1.86 bits per heavy atom. The summed E-state index contributed by atoms with van der Waals surface area (Å²) in [7, 11) is 3.91. The van der Waals surface area contributed by atoms with Gasteiger partial charge < -0.3 is 16.9 Å². The molecule has 89 valence electrons. The Labute approximate surface area is 104 Å². The van der Waals surface area contributed by atoms with Gasteiger partial charge in [-0.25, -0.2) is 0 Å². The van der Waals surface area contributed by atoms with Crippen LogP contribution in [-0.2, 0) is 19.5 Å². The van der Waals surface area contributed by atoms with E-state index >= 15 is 0 Å². The molecule has 1 N–H and O–H groups in total. The van der Waals surface area contributed by atoms with E-state index in [9.17, 15) is 0 Å². The quantitative estimate of drug-likeness (QED) is 0.587. The van der Waals surface area contributed by atoms with Crippen LogP contribution in [-0.4, -0.2) is 35.0 Å². The summed E-state index contributed by atoms with van der Waals surface area (Å²) in [5.41, 5.74) is 0. The summed E-state index contributed by atoms with van der Waals surface area (Å²) in [5, 5.41) is 8.74. The average Bonchev–Trinajstić information content (AvgIpc) is 2.08. The van der Waals surface area contributed by atoms with Crippen LogP contribution >= 0.6 is 24.0 Å². The molecule has 0 rings (SSSR count). The van der Waals surface area contributed by atoms with Crippen LogP contribution in [0.15, 0.2) is 0 Å². The Bertz CT molecular complexity index is 135. The van der Waals surface area contributed by atoms with Crippen molar-refractivity contribution in [3.05, 3.63) is 12.2 Å². The van der Waals surface area contributed by atoms with Crippen LogP contribution in [0.3, 0.4) is 0 Å². The van der Waals surface area contributed by atoms with E-state index in [4.69, 9.17) is 21.2 Å². The van der Waals surface area contributed by atoms with Gasteiger partial charge in [-0.15, -0.1) is 0 Å². The second-order valence-electron chi connectivity index (χ2n) is 2.39. The summed E-state index contributed by atoms with van der Waals surface area (Å²) in [4.78, 5) is 1.94. The van der Waals surface area contributed by atoms with Crippen molar-refractivity contribution < 1.29 is 24.6 Å². The SMILES string of the molecule is C[C-](C)SC(=S)N(C)C.[CH2-]CO.[O]=[Co]. The fraction of sp³-hybridized carbons (Fsp3) is 0.625. The molecule has 0 aliphatic rings. The van der Waals surface area contributed by atoms with Crippen molar-refractivity contribution in [3.8, 4) is 0 Å². The van der Waals surface area contributed by atoms with Crippen LogP contribution in [0.1, 0.15) is 13.8 Å². The Balaban J connectivity index is -0.000000205. The van der Waals surface area contributed by atoms with Gasteiger partial charge in [0.1, 0.15) is 4.32 Å². The van der Waals surface area contributed by atoms with E-state index in [0.29, 0.717) is 0 Å². The molecule has 6 heteroatoms. The van der Waals surface area contributed by atoms with Crippen LogP contribution in [0, 0.1) is 12.2 Å². The molecular weight excluding hydrogens is 265 g/mol. The fourth-order valence-electron chi connectivity index (χ4n) is 0.266. The van der Waals surface area contributed by atoms with Gasteiger partial charge in [-0.3, -0.25) is 17.0 Å². The molecule has 0 unspecified atom stereocenters. The Hall–Kier alpha value is 0.506. The second-order valence-corrected chi connectivity index (χ2v) is 4.45. The second kappa shape index (κ2) is 16.0. The number of hydrogen-bond donors (Lipinski definition) is 1. The Morgan fingerprint density at radius 3 is 1.93 bits per heavy atom. The van der Waals surface area contributed by atoms with Crippen molar-refractivity contribution in [1.82, 2.24) is 4.90 Å². The van der Waals surface area contributed by atoms with Gasteiger partial charge in [0, 0.05) is 14.1 Å². The number of thioether (sulfide) groups is 1. The Kier molecular flexibility index (Phi) is 22.8. The number of aliphatic hydroxyl groups is 1. The van der Waals surface area contributed by atoms with E-state index < -0.39 is 0 Å². The number of rotatable bonds is 1. The maximum absolute atomic E-state index is 7.94. The third-order valence-electron chi connectivity index (χ3n) is 0.657. The fourth-order valence-corrected chi connectivity index (χ4v) is 1.30. The van der Waals surface area contributed by atoms with Crippen molar-refractivity contribution in [1.29, 1.82) is 0 Å². The third-order valence-corrected chi connectivity index (χ3v) is 2.22. The van der Waals surface area contributed by atoms with Crippen molar-refractivity contribution in [2.24, 2.45) is 0 Å². The normalized spacial score (nSPS) is 8.00. The summed E-state index contributed by atoms with van der Waals surface area (Å²) >= 11 is 8.97. The van der Waals surface area contributed by atoms with Gasteiger partial charge in [0.05, 0.1) is 0 Å². The zero-order valence-corrected chi connectivity index (χ0v) is 11.5. The van der Waals surface area contributed by atoms with E-state index in [-0.39, 0.29) is 6.61 Å². The molecule has 0 heterocycles. The first kappa shape index (κ1) is 20.0. The van der Waals surface area contributed by atoms with E-state index in [1.165, 1.54) is 5.25 Å². The molecule has 0 saturated heterocycles. The maximum atomic E-state index is 7.94. The van der Waals surface area contributed by atoms with E-state index in [0.717, 1.165) is 4.32 Å². The molecule has 0 fully saturated rings. The summed E-state index contributed by atoms with van der Waals surface area (Å²) in [6, 6.07) is 0. The Morgan fingerprint density at radius 1 is 1.57 bits per heavy atom. The zero-order valence-electron chi connectivity index (χ0n) is 8.87. The standard InChI is InChI=1S/C6H12NS2.C2H5O.Co.O/c1-5(2)9-6(8)7(3)4;1-2-3;;/h1-4H3;3H,1-2H2;;/q2*-1;;. The first-order valence-electron chi connectivity index (χ1n) is 3.68. The summed E-state index contributed by atoms with van der Waals surface area (Å²) < 4.78 is 8.86. The molecule has 0 radical (unpaired) electrons. The monoisotopic (exact) mass is 282 g/mol. The molecule has 3 nitrogen and oxygen atoms in total. The van der Waals surface area contributed by atoms with E-state index in [1.807, 2.05) is 19.0 Å². The molecule has 0 aliphatic carbocycles. The average molecular weight is 282 g/mol. The molecule has 0 aromatic carbocycles. The molecule has 0 bridgehead atoms. The van der Waals surface area contributed by atoms with Gasteiger partial charge in [-0.2, -0.15) is 13.8 Å². The van der Waals surface area contributed by atoms with Gasteiger partial charge in [0.2, 0.25) is 0 Å². The van der Waals surface area contributed by atoms with Crippen LogP contribution in [0.4, 0.5) is 0 Å². The minimum absolute atomic E-state index is 0. The van der Waals surface area contributed by atoms with Crippen LogP contribution < -0.4 is 0 Å². The summed E-state index contributed by atoms with van der Waals surface area (Å²) in [6.07, 6.45) is 0. The molecule has 0 atom stereocenters. The number of thiocarbonyl (C=S) groups is 1. The zero-order chi connectivity index (χ0) is 12.1. The topological polar surface area (TPSA) is 40.5 Å². The van der Waals surface area contributed by atoms with Crippen LogP contribution in [0.5, 0.6) is 0 Å². The van der Waals surface area contributed by atoms with Gasteiger partial charge in [-0.05, 0) is 0 Å². The van der Waals surface area contributed by atoms with Gasteiger partial charge in [0.25, 0.3) is 0 Å². The van der Waals surface area contributed by atoms with Crippen molar-refractivity contribution in [2.75, 3.05) is 20.7 Å². The van der Waals surface area contributed by atoms with Crippen LogP contribution in [0.25, 0.3) is 0 Å². The van der Waals surface area contributed by atoms with Gasteiger partial charge >= 0.3 is 19.5 Å². The predicted octanol–water partition coefficient (Wildman–Crippen LogP) is 1.83. The van der Waals surface area contributed by atoms with E-state index in [1.54, 1.807) is 11.8 Å². The van der Waals surface area contributed by atoms with E-state index in [2.05, 4.69) is 36.4 Å². The first-order chi connectivity index (χ1) is 6.45. The molecule has 0 aliphatic heterocycles. The van der Waals surface area contributed by atoms with Crippen molar-refractivity contribution in [3.63, 3.8) is 0 Å². The molecular formula is C8H17CoNO2S2-2. The van der Waals surface area contributed by atoms with Crippen LogP contribution in [0.2, 0.25) is 0 Å². The molecule has 0 spiro atoms.